The zero-order valence-corrected chi connectivity index (χ0v) is 11.8. The highest BCUT2D eigenvalue weighted by atomic mass is 32.2. The topological polar surface area (TPSA) is 105 Å². The van der Waals surface area contributed by atoms with E-state index in [-0.39, 0.29) is 24.3 Å². The van der Waals surface area contributed by atoms with Gasteiger partial charge in [-0.25, -0.2) is 13.9 Å². The first kappa shape index (κ1) is 16.7. The summed E-state index contributed by atoms with van der Waals surface area (Å²) in [6, 6.07) is 3.36. The first-order chi connectivity index (χ1) is 9.88. The van der Waals surface area contributed by atoms with Crippen molar-refractivity contribution in [2.45, 2.75) is 6.42 Å². The Hall–Kier alpha value is -2.31. The molecule has 3 N–H and O–H groups in total. The number of ether oxygens (including phenoxy) is 1. The summed E-state index contributed by atoms with van der Waals surface area (Å²) in [6.45, 7) is -0.163. The minimum Gasteiger partial charge on any atom is -0.452 e. The summed E-state index contributed by atoms with van der Waals surface area (Å²) >= 11 is 0. The van der Waals surface area contributed by atoms with E-state index in [2.05, 4.69) is 16.6 Å². The molecule has 0 aliphatic carbocycles. The molecule has 114 valence electrons. The third kappa shape index (κ3) is 5.68. The Morgan fingerprint density at radius 1 is 1.48 bits per heavy atom. The van der Waals surface area contributed by atoms with Crippen LogP contribution in [-0.2, 0) is 14.9 Å². The molecule has 0 saturated heterocycles. The number of aliphatic hydroxyl groups is 1. The van der Waals surface area contributed by atoms with Crippen LogP contribution < -0.4 is 9.44 Å². The van der Waals surface area contributed by atoms with Crippen molar-refractivity contribution in [3.05, 3.63) is 29.6 Å². The zero-order chi connectivity index (χ0) is 15.9. The maximum Gasteiger partial charge on any atom is 0.422 e. The normalized spacial score (nSPS) is 10.2. The Labute approximate surface area is 121 Å². The summed E-state index contributed by atoms with van der Waals surface area (Å²) in [5.41, 5.74) is -0.0252. The van der Waals surface area contributed by atoms with Crippen molar-refractivity contribution >= 4 is 22.0 Å². The number of anilines is 1. The lowest BCUT2D eigenvalue weighted by atomic mass is 10.2. The number of rotatable bonds is 4. The van der Waals surface area contributed by atoms with Gasteiger partial charge in [0.15, 0.2) is 0 Å². The van der Waals surface area contributed by atoms with E-state index in [0.29, 0.717) is 0 Å². The average Bonchev–Trinajstić information content (AvgIpc) is 2.41. The number of carbonyl (C=O) groups excluding carboxylic acids is 1. The van der Waals surface area contributed by atoms with Crippen LogP contribution in [0.15, 0.2) is 18.2 Å². The number of carbonyl (C=O) groups is 1. The maximum atomic E-state index is 13.5. The minimum absolute atomic E-state index is 0.0149. The van der Waals surface area contributed by atoms with Crippen molar-refractivity contribution < 1.29 is 27.4 Å². The summed E-state index contributed by atoms with van der Waals surface area (Å²) in [6.07, 6.45) is -0.994. The van der Waals surface area contributed by atoms with Gasteiger partial charge in [0.1, 0.15) is 5.82 Å². The fraction of sp³-hybridized carbons (Fsp3) is 0.250. The smallest absolute Gasteiger partial charge is 0.422 e. The lowest BCUT2D eigenvalue weighted by molar-refractivity contribution is 0.177. The molecule has 0 atom stereocenters. The van der Waals surface area contributed by atoms with Crippen molar-refractivity contribution in [3.63, 3.8) is 0 Å². The summed E-state index contributed by atoms with van der Waals surface area (Å²) in [4.78, 5) is 10.9. The third-order valence-electron chi connectivity index (χ3n) is 2.08. The monoisotopic (exact) mass is 316 g/mol. The van der Waals surface area contributed by atoms with Gasteiger partial charge in [0, 0.05) is 6.42 Å². The summed E-state index contributed by atoms with van der Waals surface area (Å²) < 4.78 is 44.3. The molecule has 0 fully saturated rings. The predicted molar refractivity (Wildman–Crippen MR) is 73.1 cm³/mol. The van der Waals surface area contributed by atoms with E-state index in [1.165, 1.54) is 6.07 Å². The van der Waals surface area contributed by atoms with Gasteiger partial charge in [-0.15, -0.1) is 0 Å². The quantitative estimate of drug-likeness (QED) is 0.705. The van der Waals surface area contributed by atoms with Crippen LogP contribution in [0.1, 0.15) is 12.0 Å². The van der Waals surface area contributed by atoms with E-state index in [4.69, 9.17) is 5.11 Å². The third-order valence-corrected chi connectivity index (χ3v) is 3.02. The molecular formula is C12H13FN2O5S. The van der Waals surface area contributed by atoms with Gasteiger partial charge in [0.25, 0.3) is 0 Å². The van der Waals surface area contributed by atoms with E-state index >= 15 is 0 Å². The second kappa shape index (κ2) is 7.47. The molecule has 1 aromatic rings. The molecule has 0 saturated carbocycles. The van der Waals surface area contributed by atoms with Crippen molar-refractivity contribution in [2.75, 3.05) is 18.4 Å². The molecule has 0 radical (unpaired) electrons. The van der Waals surface area contributed by atoms with Crippen molar-refractivity contribution in [1.29, 1.82) is 0 Å². The Morgan fingerprint density at radius 3 is 2.81 bits per heavy atom. The van der Waals surface area contributed by atoms with Gasteiger partial charge in [-0.2, -0.15) is 8.42 Å². The van der Waals surface area contributed by atoms with Crippen LogP contribution in [0.2, 0.25) is 0 Å². The number of methoxy groups -OCH3 is 1. The van der Waals surface area contributed by atoms with Crippen LogP contribution in [0, 0.1) is 17.7 Å². The van der Waals surface area contributed by atoms with Crippen LogP contribution in [0.3, 0.4) is 0 Å². The average molecular weight is 316 g/mol. The van der Waals surface area contributed by atoms with Gasteiger partial charge in [0.2, 0.25) is 0 Å². The molecule has 7 nitrogen and oxygen atoms in total. The lowest BCUT2D eigenvalue weighted by Crippen LogP contribution is -2.35. The maximum absolute atomic E-state index is 13.5. The summed E-state index contributed by atoms with van der Waals surface area (Å²) in [5, 5.41) is 8.59. The highest BCUT2D eigenvalue weighted by molar-refractivity contribution is 7.91. The SMILES string of the molecule is COC(=O)NS(=O)(=O)Nc1ccc(F)c(C#CCCO)c1. The number of hydrogen-bond donors (Lipinski definition) is 3. The molecule has 0 heterocycles. The highest BCUT2D eigenvalue weighted by Crippen LogP contribution is 2.15. The fourth-order valence-electron chi connectivity index (χ4n) is 1.23. The molecule has 0 aromatic heterocycles. The Balaban J connectivity index is 2.93. The van der Waals surface area contributed by atoms with Crippen LogP contribution in [-0.4, -0.2) is 33.3 Å². The van der Waals surface area contributed by atoms with Gasteiger partial charge in [0.05, 0.1) is 25.0 Å². The largest absolute Gasteiger partial charge is 0.452 e. The van der Waals surface area contributed by atoms with E-state index in [9.17, 15) is 17.6 Å². The molecule has 1 rings (SSSR count). The molecule has 0 aliphatic heterocycles. The van der Waals surface area contributed by atoms with E-state index in [1.807, 2.05) is 4.72 Å². The molecule has 0 unspecified atom stereocenters. The second-order valence-corrected chi connectivity index (χ2v) is 5.08. The Kier molecular flexibility index (Phi) is 5.95. The number of halogens is 1. The molecule has 9 heteroatoms. The van der Waals surface area contributed by atoms with E-state index in [0.717, 1.165) is 19.2 Å². The van der Waals surface area contributed by atoms with Gasteiger partial charge in [-0.05, 0) is 18.2 Å². The van der Waals surface area contributed by atoms with Gasteiger partial charge < -0.3 is 9.84 Å². The molecule has 1 amide bonds. The van der Waals surface area contributed by atoms with Gasteiger partial charge in [-0.1, -0.05) is 11.8 Å². The zero-order valence-electron chi connectivity index (χ0n) is 11.0. The molecular weight excluding hydrogens is 303 g/mol. The van der Waals surface area contributed by atoms with Gasteiger partial charge in [-0.3, -0.25) is 4.72 Å². The van der Waals surface area contributed by atoms with Crippen molar-refractivity contribution in [1.82, 2.24) is 4.72 Å². The Morgan fingerprint density at radius 2 is 2.19 bits per heavy atom. The summed E-state index contributed by atoms with van der Waals surface area (Å²) in [7, 11) is -3.17. The van der Waals surface area contributed by atoms with Gasteiger partial charge >= 0.3 is 16.3 Å². The predicted octanol–water partition coefficient (Wildman–Crippen LogP) is 0.572. The number of hydrogen-bond acceptors (Lipinski definition) is 5. The van der Waals surface area contributed by atoms with E-state index in [1.54, 1.807) is 4.72 Å². The van der Waals surface area contributed by atoms with Crippen molar-refractivity contribution in [3.8, 4) is 11.8 Å². The number of amides is 1. The van der Waals surface area contributed by atoms with Crippen LogP contribution in [0.5, 0.6) is 0 Å². The number of aliphatic hydroxyl groups excluding tert-OH is 1. The minimum atomic E-state index is -4.19. The summed E-state index contributed by atoms with van der Waals surface area (Å²) in [5.74, 6) is 4.34. The number of nitrogens with one attached hydrogen (secondary N) is 2. The van der Waals surface area contributed by atoms with E-state index < -0.39 is 22.1 Å². The second-order valence-electron chi connectivity index (χ2n) is 3.67. The molecule has 1 aromatic carbocycles. The number of benzene rings is 1. The lowest BCUT2D eigenvalue weighted by Gasteiger charge is -2.08. The standard InChI is InChI=1S/C12H13FN2O5S/c1-20-12(17)15-21(18,19)14-10-5-6-11(13)9(8-10)4-2-3-7-16/h5-6,8,14,16H,3,7H2,1H3,(H,15,17). The van der Waals surface area contributed by atoms with Crippen molar-refractivity contribution in [2.24, 2.45) is 0 Å². The van der Waals surface area contributed by atoms with Crippen LogP contribution >= 0.6 is 0 Å². The fourth-order valence-corrected chi connectivity index (χ4v) is 2.02. The Bertz CT molecular complexity index is 679. The van der Waals surface area contributed by atoms with Crippen LogP contribution in [0.25, 0.3) is 0 Å². The first-order valence-corrected chi connectivity index (χ1v) is 7.14. The molecule has 21 heavy (non-hydrogen) atoms. The first-order valence-electron chi connectivity index (χ1n) is 5.65. The molecule has 0 spiro atoms. The van der Waals surface area contributed by atoms with Crippen LogP contribution in [0.4, 0.5) is 14.9 Å². The highest BCUT2D eigenvalue weighted by Gasteiger charge is 2.15. The molecule has 0 bridgehead atoms. The molecule has 0 aliphatic rings.